The normalized spacial score (nSPS) is 14.6. The molecule has 0 bridgehead atoms. The van der Waals surface area contributed by atoms with Gasteiger partial charge < -0.3 is 5.32 Å². The molecule has 5 nitrogen and oxygen atoms in total. The zero-order valence-electron chi connectivity index (χ0n) is 11.9. The molecule has 0 aliphatic heterocycles. The molecule has 0 amide bonds. The molecule has 112 valence electrons. The van der Waals surface area contributed by atoms with Crippen LogP contribution in [0.4, 0.5) is 4.39 Å². The van der Waals surface area contributed by atoms with Crippen molar-refractivity contribution < 1.29 is 4.39 Å². The first-order valence-electron chi connectivity index (χ1n) is 7.23. The van der Waals surface area contributed by atoms with Crippen molar-refractivity contribution in [2.75, 3.05) is 6.54 Å². The van der Waals surface area contributed by atoms with Crippen molar-refractivity contribution in [1.29, 1.82) is 0 Å². The predicted octanol–water partition coefficient (Wildman–Crippen LogP) is 2.80. The maximum atomic E-state index is 14.2. The maximum absolute atomic E-state index is 14.2. The van der Waals surface area contributed by atoms with Gasteiger partial charge in [-0.25, -0.2) is 9.07 Å². The molecule has 7 heteroatoms. The molecule has 0 atom stereocenters. The number of nitrogens with zero attached hydrogens (tertiary/aromatic N) is 4. The van der Waals surface area contributed by atoms with Crippen molar-refractivity contribution in [2.45, 2.75) is 48.8 Å². The molecule has 0 spiro atoms. The summed E-state index contributed by atoms with van der Waals surface area (Å²) < 4.78 is 16.0. The molecule has 0 saturated heterocycles. The first kappa shape index (κ1) is 14.5. The largest absolute Gasteiger partial charge is 0.313 e. The summed E-state index contributed by atoms with van der Waals surface area (Å²) in [5.41, 5.74) is 0.943. The highest BCUT2D eigenvalue weighted by molar-refractivity contribution is 7.99. The Labute approximate surface area is 127 Å². The van der Waals surface area contributed by atoms with Gasteiger partial charge in [0.2, 0.25) is 5.16 Å². The summed E-state index contributed by atoms with van der Waals surface area (Å²) in [7, 11) is 0. The van der Waals surface area contributed by atoms with Crippen LogP contribution in [0.25, 0.3) is 0 Å². The van der Waals surface area contributed by atoms with Gasteiger partial charge in [0.05, 0.1) is 10.9 Å². The number of halogens is 1. The van der Waals surface area contributed by atoms with Gasteiger partial charge >= 0.3 is 0 Å². The Kier molecular flexibility index (Phi) is 4.50. The van der Waals surface area contributed by atoms with E-state index in [9.17, 15) is 4.39 Å². The monoisotopic (exact) mass is 307 g/mol. The number of aromatic nitrogens is 4. The van der Waals surface area contributed by atoms with Crippen molar-refractivity contribution >= 4 is 11.8 Å². The number of hydrogen-bond acceptors (Lipinski definition) is 5. The quantitative estimate of drug-likeness (QED) is 0.797. The minimum Gasteiger partial charge on any atom is -0.313 e. The molecule has 21 heavy (non-hydrogen) atoms. The van der Waals surface area contributed by atoms with E-state index in [1.165, 1.54) is 17.8 Å². The lowest BCUT2D eigenvalue weighted by molar-refractivity contribution is 0.562. The molecule has 0 radical (unpaired) electrons. The summed E-state index contributed by atoms with van der Waals surface area (Å²) in [6.45, 7) is 3.68. The number of tetrazole rings is 1. The summed E-state index contributed by atoms with van der Waals surface area (Å²) in [5, 5.41) is 15.7. The molecule has 1 aromatic carbocycles. The number of rotatable bonds is 7. The van der Waals surface area contributed by atoms with Crippen molar-refractivity contribution in [2.24, 2.45) is 0 Å². The highest BCUT2D eigenvalue weighted by Gasteiger charge is 2.28. The molecule has 3 rings (SSSR count). The van der Waals surface area contributed by atoms with Crippen molar-refractivity contribution in [3.63, 3.8) is 0 Å². The van der Waals surface area contributed by atoms with Gasteiger partial charge in [-0.05, 0) is 59.6 Å². The van der Waals surface area contributed by atoms with Crippen LogP contribution in [-0.4, -0.2) is 26.8 Å². The van der Waals surface area contributed by atoms with E-state index >= 15 is 0 Å². The third kappa shape index (κ3) is 3.41. The molecule has 1 saturated carbocycles. The van der Waals surface area contributed by atoms with Crippen molar-refractivity contribution in [1.82, 2.24) is 25.5 Å². The van der Waals surface area contributed by atoms with Gasteiger partial charge in [-0.2, -0.15) is 0 Å². The third-order valence-electron chi connectivity index (χ3n) is 3.34. The Morgan fingerprint density at radius 1 is 1.43 bits per heavy atom. The Morgan fingerprint density at radius 2 is 2.29 bits per heavy atom. The summed E-state index contributed by atoms with van der Waals surface area (Å²) in [6, 6.07) is 5.55. The highest BCUT2D eigenvalue weighted by atomic mass is 32.2. The van der Waals surface area contributed by atoms with Crippen LogP contribution in [0.3, 0.4) is 0 Å². The minimum absolute atomic E-state index is 0.221. The number of nitrogens with one attached hydrogen (secondary N) is 1. The zero-order valence-corrected chi connectivity index (χ0v) is 12.7. The fourth-order valence-electron chi connectivity index (χ4n) is 2.10. The lowest BCUT2D eigenvalue weighted by atomic mass is 10.2. The molecule has 0 unspecified atom stereocenters. The second-order valence-corrected chi connectivity index (χ2v) is 6.12. The van der Waals surface area contributed by atoms with Gasteiger partial charge in [0.25, 0.3) is 0 Å². The lowest BCUT2D eigenvalue weighted by Gasteiger charge is -2.10. The molecule has 1 fully saturated rings. The Morgan fingerprint density at radius 3 is 3.05 bits per heavy atom. The summed E-state index contributed by atoms with van der Waals surface area (Å²) in [5.74, 6) is -0.221. The summed E-state index contributed by atoms with van der Waals surface area (Å²) in [4.78, 5) is 0.609. The third-order valence-corrected chi connectivity index (χ3v) is 4.45. The van der Waals surface area contributed by atoms with Crippen LogP contribution < -0.4 is 5.32 Å². The molecular weight excluding hydrogens is 289 g/mol. The van der Waals surface area contributed by atoms with E-state index in [0.29, 0.717) is 22.6 Å². The summed E-state index contributed by atoms with van der Waals surface area (Å²) >= 11 is 1.31. The average molecular weight is 307 g/mol. The van der Waals surface area contributed by atoms with Gasteiger partial charge in [-0.1, -0.05) is 19.1 Å². The standard InChI is InChI=1S/C14H18FN5S/c1-2-8-16-9-10-4-3-5-12(15)13(10)21-14-17-18-19-20(14)11-6-7-11/h3-5,11,16H,2,6-9H2,1H3. The predicted molar refractivity (Wildman–Crippen MR) is 78.6 cm³/mol. The topological polar surface area (TPSA) is 55.6 Å². The van der Waals surface area contributed by atoms with Crippen molar-refractivity contribution in [3.8, 4) is 0 Å². The second-order valence-electron chi connectivity index (χ2n) is 5.14. The van der Waals surface area contributed by atoms with Crippen LogP contribution in [0, 0.1) is 5.82 Å². The van der Waals surface area contributed by atoms with Crippen LogP contribution in [0.15, 0.2) is 28.3 Å². The van der Waals surface area contributed by atoms with E-state index in [1.807, 2.05) is 6.07 Å². The molecule has 1 aromatic heterocycles. The maximum Gasteiger partial charge on any atom is 0.214 e. The van der Waals surface area contributed by atoms with Gasteiger partial charge in [0, 0.05) is 6.54 Å². The van der Waals surface area contributed by atoms with Crippen LogP contribution in [0.1, 0.15) is 37.8 Å². The average Bonchev–Trinajstić information content (AvgIpc) is 3.22. The molecule has 1 aliphatic carbocycles. The molecular formula is C14H18FN5S. The first-order chi connectivity index (χ1) is 10.3. The zero-order chi connectivity index (χ0) is 14.7. The van der Waals surface area contributed by atoms with Gasteiger partial charge in [0.15, 0.2) is 0 Å². The summed E-state index contributed by atoms with van der Waals surface area (Å²) in [6.07, 6.45) is 3.25. The van der Waals surface area contributed by atoms with Crippen LogP contribution in [0.2, 0.25) is 0 Å². The van der Waals surface area contributed by atoms with E-state index in [1.54, 1.807) is 10.7 Å². The van der Waals surface area contributed by atoms with E-state index < -0.39 is 0 Å². The van der Waals surface area contributed by atoms with Crippen molar-refractivity contribution in [3.05, 3.63) is 29.6 Å². The minimum atomic E-state index is -0.221. The highest BCUT2D eigenvalue weighted by Crippen LogP contribution is 2.39. The van der Waals surface area contributed by atoms with Crippen LogP contribution in [0.5, 0.6) is 0 Å². The van der Waals surface area contributed by atoms with Gasteiger partial charge in [-0.15, -0.1) is 5.10 Å². The van der Waals surface area contributed by atoms with E-state index in [2.05, 4.69) is 27.8 Å². The van der Waals surface area contributed by atoms with E-state index in [-0.39, 0.29) is 5.82 Å². The van der Waals surface area contributed by atoms with Gasteiger partial charge in [-0.3, -0.25) is 0 Å². The molecule has 1 heterocycles. The number of hydrogen-bond donors (Lipinski definition) is 1. The Bertz CT molecular complexity index is 611. The molecule has 1 aliphatic rings. The first-order valence-corrected chi connectivity index (χ1v) is 8.05. The SMILES string of the molecule is CCCNCc1cccc(F)c1Sc1nnnn1C1CC1. The van der Waals surface area contributed by atoms with Crippen LogP contribution in [-0.2, 0) is 6.54 Å². The smallest absolute Gasteiger partial charge is 0.214 e. The fraction of sp³-hybridized carbons (Fsp3) is 0.500. The molecule has 1 N–H and O–H groups in total. The Balaban J connectivity index is 1.81. The van der Waals surface area contributed by atoms with E-state index in [0.717, 1.165) is 31.4 Å². The van der Waals surface area contributed by atoms with Crippen LogP contribution >= 0.6 is 11.8 Å². The fourth-order valence-corrected chi connectivity index (χ4v) is 3.07. The number of benzene rings is 1. The molecule has 2 aromatic rings. The lowest BCUT2D eigenvalue weighted by Crippen LogP contribution is -2.14. The second kappa shape index (κ2) is 6.53. The Hall–Kier alpha value is -1.47. The van der Waals surface area contributed by atoms with Gasteiger partial charge in [0.1, 0.15) is 5.82 Å². The van der Waals surface area contributed by atoms with E-state index in [4.69, 9.17) is 0 Å².